The van der Waals surface area contributed by atoms with Gasteiger partial charge in [0.15, 0.2) is 40.6 Å². The molecule has 3 aliphatic rings. The molecule has 9 rings (SSSR count). The van der Waals surface area contributed by atoms with E-state index in [1.54, 1.807) is 41.5 Å². The maximum absolute atomic E-state index is 14.6. The Morgan fingerprint density at radius 2 is 0.715 bits per heavy atom. The highest BCUT2D eigenvalue weighted by Gasteiger charge is 2.47. The number of amides is 8. The SMILES string of the molecule is CC(C)CC1C(=O)O[C@H](C)[C@H](NC(=O)c2ncccc2O)C(=O)N[C@@H](Cc2c(F)nc(F)c(F)c2F)[C@@H](O)[C@@H](C)C(=O)N1C.CC(C)CC1NC(=O)[C@H](C)[C@H](O)[C@H](Cc2c(F)nc(F)c(F)c2F)NC(=O)[C@@H](NC(=O)c2ncccc2O)[C@@H](C)OC1=O.CC(C)CC1OC(=O)[C@H](C)[C@H](O)[C@H](Cc2c(F)nc(F)c(F)c2F)NC(=O)[C@@H](NC(=O)c2ncccc2O)[C@@H](C)OC1=O. The molecule has 0 aromatic carbocycles. The van der Waals surface area contributed by atoms with Crippen LogP contribution in [0.4, 0.5) is 52.7 Å². The number of esters is 4. The van der Waals surface area contributed by atoms with E-state index in [1.165, 1.54) is 78.5 Å². The van der Waals surface area contributed by atoms with Crippen LogP contribution in [0.25, 0.3) is 0 Å². The molecule has 36 nitrogen and oxygen atoms in total. The molecule has 8 amide bonds. The summed E-state index contributed by atoms with van der Waals surface area (Å²) in [5.74, 6) is -42.8. The zero-order chi connectivity index (χ0) is 97.4. The highest BCUT2D eigenvalue weighted by molar-refractivity contribution is 6.00. The Kier molecular flexibility index (Phi) is 36.3. The molecule has 0 saturated carbocycles. The quantitative estimate of drug-likeness (QED) is 0.0251. The van der Waals surface area contributed by atoms with Gasteiger partial charge in [-0.2, -0.15) is 54.5 Å². The number of nitrogens with zero attached hydrogens (tertiary/aromatic N) is 7. The summed E-state index contributed by atoms with van der Waals surface area (Å²) < 4.78 is 191. The number of carbonyl (C=O) groups excluding carboxylic acids is 12. The van der Waals surface area contributed by atoms with Gasteiger partial charge in [-0.25, -0.2) is 42.5 Å². The second kappa shape index (κ2) is 45.3. The van der Waals surface area contributed by atoms with Gasteiger partial charge < -0.3 is 91.7 Å². The number of aromatic hydroxyl groups is 3. The summed E-state index contributed by atoms with van der Waals surface area (Å²) in [6.07, 6.45) is -11.1. The zero-order valence-corrected chi connectivity index (χ0v) is 71.4. The molecular formula is C82H94F12N14O22. The van der Waals surface area contributed by atoms with Crippen LogP contribution in [0, 0.1) is 106 Å². The number of aromatic nitrogens is 6. The number of hydrogen-bond acceptors (Lipinski definition) is 28. The monoisotopic (exact) mass is 1850 g/mol. The Balaban J connectivity index is 0.000000267. The third-order valence-corrected chi connectivity index (χ3v) is 20.8. The zero-order valence-electron chi connectivity index (χ0n) is 71.4. The lowest BCUT2D eigenvalue weighted by molar-refractivity contribution is -0.178. The lowest BCUT2D eigenvalue weighted by Gasteiger charge is -2.36. The number of cyclic esters (lactones) is 4. The number of ether oxygens (including phenoxy) is 4. The predicted molar refractivity (Wildman–Crippen MR) is 419 cm³/mol. The minimum absolute atomic E-state index is 0.0362. The molecule has 6 aromatic rings. The van der Waals surface area contributed by atoms with E-state index in [0.717, 1.165) is 30.0 Å². The van der Waals surface area contributed by atoms with Crippen molar-refractivity contribution in [3.8, 4) is 17.2 Å². The molecule has 6 aromatic heterocycles. The average Bonchev–Trinajstić information content (AvgIpc) is 0.780. The van der Waals surface area contributed by atoms with Gasteiger partial charge in [0.05, 0.1) is 54.2 Å². The van der Waals surface area contributed by atoms with Crippen molar-refractivity contribution in [2.75, 3.05) is 7.05 Å². The number of carbonyl (C=O) groups is 12. The van der Waals surface area contributed by atoms with Gasteiger partial charge in [-0.1, -0.05) is 55.4 Å². The van der Waals surface area contributed by atoms with Gasteiger partial charge in [0.25, 0.3) is 35.6 Å². The number of rotatable bonds is 18. The van der Waals surface area contributed by atoms with E-state index in [9.17, 15) is 141 Å². The third-order valence-electron chi connectivity index (χ3n) is 20.8. The minimum Gasteiger partial charge on any atom is -0.505 e. The second-order valence-electron chi connectivity index (χ2n) is 31.9. The summed E-state index contributed by atoms with van der Waals surface area (Å²) in [6.45, 7) is 17.7. The molecule has 3 unspecified atom stereocenters. The predicted octanol–water partition coefficient (Wildman–Crippen LogP) is 3.88. The third kappa shape index (κ3) is 25.9. The summed E-state index contributed by atoms with van der Waals surface area (Å²) in [7, 11) is 1.28. The number of hydrogen-bond donors (Lipinski definition) is 13. The highest BCUT2D eigenvalue weighted by Crippen LogP contribution is 2.30. The van der Waals surface area contributed by atoms with Gasteiger partial charge in [0.1, 0.15) is 65.8 Å². The fourth-order valence-corrected chi connectivity index (χ4v) is 13.5. The van der Waals surface area contributed by atoms with E-state index >= 15 is 0 Å². The van der Waals surface area contributed by atoms with Crippen molar-refractivity contribution in [1.82, 2.24) is 72.0 Å². The Morgan fingerprint density at radius 1 is 0.400 bits per heavy atom. The van der Waals surface area contributed by atoms with Gasteiger partial charge in [0, 0.05) is 61.6 Å². The van der Waals surface area contributed by atoms with Crippen LogP contribution in [0.1, 0.15) is 151 Å². The molecule has 3 saturated heterocycles. The van der Waals surface area contributed by atoms with Crippen molar-refractivity contribution in [2.24, 2.45) is 35.5 Å². The van der Waals surface area contributed by atoms with E-state index in [0.29, 0.717) is 0 Å². The molecule has 0 radical (unpaired) electrons. The molecule has 48 heteroatoms. The molecule has 0 aliphatic carbocycles. The molecular weight excluding hydrogens is 1760 g/mol. The van der Waals surface area contributed by atoms with Crippen LogP contribution in [0.2, 0.25) is 0 Å². The normalized spacial score (nSPS) is 25.2. The number of likely N-dealkylation sites (N-methyl/N-ethyl adjacent to an activating group) is 1. The van der Waals surface area contributed by atoms with Crippen molar-refractivity contribution in [3.63, 3.8) is 0 Å². The summed E-state index contributed by atoms with van der Waals surface area (Å²) in [6, 6.07) is -5.60. The number of pyridine rings is 6. The second-order valence-corrected chi connectivity index (χ2v) is 31.9. The lowest BCUT2D eigenvalue weighted by atomic mass is 9.90. The van der Waals surface area contributed by atoms with Crippen molar-refractivity contribution < 1.29 is 160 Å². The van der Waals surface area contributed by atoms with Crippen LogP contribution in [-0.4, -0.2) is 235 Å². The topological polar surface area (TPSA) is 528 Å². The smallest absolute Gasteiger partial charge is 0.347 e. The van der Waals surface area contributed by atoms with Gasteiger partial charge in [-0.3, -0.25) is 43.2 Å². The summed E-state index contributed by atoms with van der Waals surface area (Å²) in [5, 5.41) is 79.5. The molecule has 130 heavy (non-hydrogen) atoms. The fourth-order valence-electron chi connectivity index (χ4n) is 13.5. The Labute approximate surface area is 732 Å². The minimum atomic E-state index is -2.12. The van der Waals surface area contributed by atoms with Gasteiger partial charge >= 0.3 is 23.9 Å². The van der Waals surface area contributed by atoms with Crippen molar-refractivity contribution in [1.29, 1.82) is 0 Å². The molecule has 3 aliphatic heterocycles. The maximum atomic E-state index is 14.6. The molecule has 18 atom stereocenters. The number of aliphatic hydroxyl groups is 3. The number of halogens is 12. The molecule has 0 bridgehead atoms. The van der Waals surface area contributed by atoms with Crippen molar-refractivity contribution in [2.45, 2.75) is 213 Å². The van der Waals surface area contributed by atoms with Gasteiger partial charge in [-0.05, 0) is 101 Å². The highest BCUT2D eigenvalue weighted by atomic mass is 19.2. The van der Waals surface area contributed by atoms with E-state index < -0.39 is 321 Å². The first-order valence-corrected chi connectivity index (χ1v) is 40.0. The average molecular weight is 1860 g/mol. The largest absolute Gasteiger partial charge is 0.505 e. The molecule has 0 spiro atoms. The van der Waals surface area contributed by atoms with E-state index in [4.69, 9.17) is 18.9 Å². The molecule has 708 valence electrons. The fraction of sp³-hybridized carbons (Fsp3) is 0.488. The first-order chi connectivity index (χ1) is 60.8. The van der Waals surface area contributed by atoms with E-state index in [1.807, 2.05) is 0 Å². The van der Waals surface area contributed by atoms with Crippen LogP contribution >= 0.6 is 0 Å². The van der Waals surface area contributed by atoms with Crippen LogP contribution in [0.5, 0.6) is 17.2 Å². The van der Waals surface area contributed by atoms with Gasteiger partial charge in [0.2, 0.25) is 64.8 Å². The summed E-state index contributed by atoms with van der Waals surface area (Å²) in [5.41, 5.74) is -4.92. The van der Waals surface area contributed by atoms with Crippen molar-refractivity contribution >= 4 is 71.1 Å². The molecule has 13 N–H and O–H groups in total. The van der Waals surface area contributed by atoms with Gasteiger partial charge in [-0.15, -0.1) is 0 Å². The standard InChI is InChI=1S/C28H33F4N5O7.C27H31F4N5O7.C27H30F4N4O8/c1-11(2)9-16-28(43)44-13(4)20(35-26(41)21-17(38)7-6-8-33-21)25(40)34-15(22(39)12(3)27(42)37(16)5)10-14-18(29)19(30)24(32)36-23(14)31;1-10(2)8-15-27(42)43-12(4)19(35-26(41)20-16(37)6-5-7-32-20)25(40)33-14(21(38)11(3)24(39)34-15)9-13-17(28)18(29)23(31)36-22(13)30;1-10(2)8-16-27(41)42-12(4)19(34-25(39)20-15(36)6-5-7-32-20)24(38)33-14(21(37)11(3)26(40)43-16)9-13-17(28)18(29)23(31)35-22(13)30/h6-8,11-13,15-16,20,22,38-39H,9-10H2,1-5H3,(H,34,40)(H,35,41);5-7,10-12,14-15,19,21,37-38H,8-9H2,1-4H3,(H,33,40)(H,34,39)(H,35,41);5-7,10-12,14,16,19,21,36-37H,8-9H2,1-4H3,(H,33,38)(H,34,39)/t12-,13-,15+,16?,20+,22+;11-,12-,14+,15?,19+,21+;11-,12-,14+,16?,19+,21+/m111/s1. The molecule has 3 fully saturated rings. The first kappa shape index (κ1) is 104. The number of aliphatic hydroxyl groups excluding tert-OH is 3. The molecule has 9 heterocycles. The Hall–Kier alpha value is -13.0. The van der Waals surface area contributed by atoms with Crippen LogP contribution in [0.3, 0.4) is 0 Å². The van der Waals surface area contributed by atoms with Crippen LogP contribution in [-0.2, 0) is 81.4 Å². The van der Waals surface area contributed by atoms with Crippen LogP contribution in [0.15, 0.2) is 55.0 Å². The summed E-state index contributed by atoms with van der Waals surface area (Å²) >= 11 is 0. The maximum Gasteiger partial charge on any atom is 0.347 e. The summed E-state index contributed by atoms with van der Waals surface area (Å²) in [4.78, 5) is 178. The van der Waals surface area contributed by atoms with Crippen LogP contribution < -0.4 is 37.2 Å². The van der Waals surface area contributed by atoms with Crippen molar-refractivity contribution in [3.05, 3.63) is 159 Å². The van der Waals surface area contributed by atoms with E-state index in [-0.39, 0.29) is 37.0 Å². The Bertz CT molecular complexity index is 5000. The number of nitrogens with one attached hydrogen (secondary N) is 7. The lowest BCUT2D eigenvalue weighted by Crippen LogP contribution is -2.61. The van der Waals surface area contributed by atoms with E-state index in [2.05, 4.69) is 67.1 Å². The first-order valence-electron chi connectivity index (χ1n) is 40.0. The Morgan fingerprint density at radius 3 is 1.05 bits per heavy atom.